The van der Waals surface area contributed by atoms with Gasteiger partial charge in [-0.05, 0) is 57.0 Å². The van der Waals surface area contributed by atoms with E-state index in [1.165, 1.54) is 10.4 Å². The minimum atomic E-state index is -0.628. The average molecular weight is 306 g/mol. The monoisotopic (exact) mass is 306 g/mol. The van der Waals surface area contributed by atoms with E-state index in [-0.39, 0.29) is 0 Å². The van der Waals surface area contributed by atoms with Crippen LogP contribution in [0, 0.1) is 13.8 Å². The summed E-state index contributed by atoms with van der Waals surface area (Å²) in [5.74, 6) is 1.40. The van der Waals surface area contributed by atoms with Crippen LogP contribution in [-0.2, 0) is 0 Å². The lowest BCUT2D eigenvalue weighted by molar-refractivity contribution is 0.222. The summed E-state index contributed by atoms with van der Waals surface area (Å²) in [6, 6.07) is 7.66. The van der Waals surface area contributed by atoms with E-state index in [2.05, 4.69) is 13.8 Å². The van der Waals surface area contributed by atoms with Crippen molar-refractivity contribution < 1.29 is 14.6 Å². The molecule has 2 rings (SSSR count). The van der Waals surface area contributed by atoms with Gasteiger partial charge in [0.2, 0.25) is 0 Å². The Morgan fingerprint density at radius 1 is 1.05 bits per heavy atom. The van der Waals surface area contributed by atoms with Crippen LogP contribution in [0.4, 0.5) is 0 Å². The molecule has 1 aromatic heterocycles. The molecule has 3 nitrogen and oxygen atoms in total. The number of benzene rings is 1. The second-order valence-corrected chi connectivity index (χ2v) is 6.15. The molecule has 1 heterocycles. The number of thiophene rings is 1. The van der Waals surface area contributed by atoms with E-state index in [0.29, 0.717) is 24.7 Å². The number of ether oxygens (including phenoxy) is 2. The van der Waals surface area contributed by atoms with Gasteiger partial charge in [0, 0.05) is 9.75 Å². The van der Waals surface area contributed by atoms with Gasteiger partial charge in [0.05, 0.1) is 13.2 Å². The fraction of sp³-hybridized carbons (Fsp3) is 0.412. The summed E-state index contributed by atoms with van der Waals surface area (Å²) in [6.07, 6.45) is -0.628. The highest BCUT2D eigenvalue weighted by atomic mass is 32.1. The van der Waals surface area contributed by atoms with Gasteiger partial charge in [-0.25, -0.2) is 0 Å². The Kier molecular flexibility index (Phi) is 5.26. The molecule has 21 heavy (non-hydrogen) atoms. The normalized spacial score (nSPS) is 12.2. The standard InChI is InChI=1S/C17H22O3S/c1-5-19-14-8-7-13(10-15(14)20-6-2)17(18)16-9-11(3)12(4)21-16/h7-10,17-18H,5-6H2,1-4H3. The first-order valence-corrected chi connectivity index (χ1v) is 8.03. The molecule has 0 saturated heterocycles. The maximum atomic E-state index is 10.6. The van der Waals surface area contributed by atoms with E-state index in [4.69, 9.17) is 9.47 Å². The molecule has 0 aliphatic carbocycles. The zero-order chi connectivity index (χ0) is 15.4. The zero-order valence-corrected chi connectivity index (χ0v) is 13.8. The third-order valence-electron chi connectivity index (χ3n) is 3.34. The number of aliphatic hydroxyl groups excluding tert-OH is 1. The van der Waals surface area contributed by atoms with Gasteiger partial charge >= 0.3 is 0 Å². The zero-order valence-electron chi connectivity index (χ0n) is 13.0. The topological polar surface area (TPSA) is 38.7 Å². The first-order chi connectivity index (χ1) is 10.1. The quantitative estimate of drug-likeness (QED) is 0.867. The van der Waals surface area contributed by atoms with Crippen molar-refractivity contribution in [2.45, 2.75) is 33.8 Å². The van der Waals surface area contributed by atoms with Gasteiger partial charge in [-0.15, -0.1) is 11.3 Å². The molecule has 4 heteroatoms. The Morgan fingerprint density at radius 3 is 2.29 bits per heavy atom. The maximum Gasteiger partial charge on any atom is 0.161 e. The first-order valence-electron chi connectivity index (χ1n) is 7.21. The SMILES string of the molecule is CCOc1ccc(C(O)c2cc(C)c(C)s2)cc1OCC. The van der Waals surface area contributed by atoms with Crippen LogP contribution in [0.5, 0.6) is 11.5 Å². The van der Waals surface area contributed by atoms with Gasteiger partial charge in [-0.3, -0.25) is 0 Å². The van der Waals surface area contributed by atoms with Crippen molar-refractivity contribution in [2.75, 3.05) is 13.2 Å². The summed E-state index contributed by atoms with van der Waals surface area (Å²) in [5, 5.41) is 10.6. The highest BCUT2D eigenvalue weighted by Crippen LogP contribution is 2.35. The maximum absolute atomic E-state index is 10.6. The number of rotatable bonds is 6. The second-order valence-electron chi connectivity index (χ2n) is 4.86. The number of hydrogen-bond acceptors (Lipinski definition) is 4. The highest BCUT2D eigenvalue weighted by Gasteiger charge is 2.16. The molecule has 0 spiro atoms. The molecule has 0 fully saturated rings. The van der Waals surface area contributed by atoms with E-state index >= 15 is 0 Å². The summed E-state index contributed by atoms with van der Waals surface area (Å²) in [4.78, 5) is 2.19. The third-order valence-corrected chi connectivity index (χ3v) is 4.54. The van der Waals surface area contributed by atoms with Gasteiger partial charge in [-0.2, -0.15) is 0 Å². The van der Waals surface area contributed by atoms with Crippen LogP contribution >= 0.6 is 11.3 Å². The molecule has 0 radical (unpaired) electrons. The van der Waals surface area contributed by atoms with Crippen LogP contribution in [-0.4, -0.2) is 18.3 Å². The van der Waals surface area contributed by atoms with E-state index in [0.717, 1.165) is 10.4 Å². The number of aryl methyl sites for hydroxylation is 2. The van der Waals surface area contributed by atoms with Crippen LogP contribution in [0.1, 0.15) is 40.8 Å². The summed E-state index contributed by atoms with van der Waals surface area (Å²) in [7, 11) is 0. The Bertz CT molecular complexity index is 585. The molecule has 1 atom stereocenters. The predicted octanol–water partition coefficient (Wildman–Crippen LogP) is 4.24. The van der Waals surface area contributed by atoms with E-state index in [1.807, 2.05) is 38.1 Å². The van der Waals surface area contributed by atoms with Crippen LogP contribution in [0.3, 0.4) is 0 Å². The highest BCUT2D eigenvalue weighted by molar-refractivity contribution is 7.12. The fourth-order valence-electron chi connectivity index (χ4n) is 2.14. The van der Waals surface area contributed by atoms with Gasteiger partial charge in [0.25, 0.3) is 0 Å². The lowest BCUT2D eigenvalue weighted by Crippen LogP contribution is -2.02. The molecule has 0 bridgehead atoms. The summed E-state index contributed by atoms with van der Waals surface area (Å²) in [5.41, 5.74) is 2.04. The minimum absolute atomic E-state index is 0.566. The smallest absolute Gasteiger partial charge is 0.161 e. The Balaban J connectivity index is 2.32. The van der Waals surface area contributed by atoms with Gasteiger partial charge in [-0.1, -0.05) is 6.07 Å². The predicted molar refractivity (Wildman–Crippen MR) is 86.6 cm³/mol. The molecule has 114 valence electrons. The summed E-state index contributed by atoms with van der Waals surface area (Å²) >= 11 is 1.63. The van der Waals surface area contributed by atoms with E-state index < -0.39 is 6.10 Å². The molecule has 1 unspecified atom stereocenters. The molecule has 0 amide bonds. The van der Waals surface area contributed by atoms with Crippen molar-refractivity contribution in [2.24, 2.45) is 0 Å². The lowest BCUT2D eigenvalue weighted by Gasteiger charge is -2.15. The van der Waals surface area contributed by atoms with E-state index in [1.54, 1.807) is 11.3 Å². The minimum Gasteiger partial charge on any atom is -0.490 e. The molecule has 1 N–H and O–H groups in total. The van der Waals surface area contributed by atoms with Gasteiger partial charge in [0.1, 0.15) is 6.10 Å². The third kappa shape index (κ3) is 3.57. The largest absolute Gasteiger partial charge is 0.490 e. The Hall–Kier alpha value is -1.52. The van der Waals surface area contributed by atoms with Crippen LogP contribution < -0.4 is 9.47 Å². The van der Waals surface area contributed by atoms with Crippen LogP contribution in [0.25, 0.3) is 0 Å². The molecule has 1 aromatic carbocycles. The van der Waals surface area contributed by atoms with Crippen molar-refractivity contribution in [3.8, 4) is 11.5 Å². The van der Waals surface area contributed by atoms with Crippen molar-refractivity contribution >= 4 is 11.3 Å². The second kappa shape index (κ2) is 6.96. The Morgan fingerprint density at radius 2 is 1.71 bits per heavy atom. The molecular formula is C17H22O3S. The molecular weight excluding hydrogens is 284 g/mol. The Labute approximate surface area is 130 Å². The lowest BCUT2D eigenvalue weighted by atomic mass is 10.1. The van der Waals surface area contributed by atoms with Crippen molar-refractivity contribution in [3.63, 3.8) is 0 Å². The van der Waals surface area contributed by atoms with E-state index in [9.17, 15) is 5.11 Å². The van der Waals surface area contributed by atoms with Crippen LogP contribution in [0.15, 0.2) is 24.3 Å². The van der Waals surface area contributed by atoms with Crippen molar-refractivity contribution in [3.05, 3.63) is 45.1 Å². The summed E-state index contributed by atoms with van der Waals surface area (Å²) < 4.78 is 11.2. The first kappa shape index (κ1) is 15.9. The van der Waals surface area contributed by atoms with Crippen LogP contribution in [0.2, 0.25) is 0 Å². The van der Waals surface area contributed by atoms with Gasteiger partial charge in [0.15, 0.2) is 11.5 Å². The fourth-order valence-corrected chi connectivity index (χ4v) is 3.20. The number of aliphatic hydroxyl groups is 1. The molecule has 2 aromatic rings. The van der Waals surface area contributed by atoms with Crippen molar-refractivity contribution in [1.29, 1.82) is 0 Å². The molecule has 0 saturated carbocycles. The molecule has 0 aliphatic rings. The average Bonchev–Trinajstić information content (AvgIpc) is 2.80. The number of hydrogen-bond donors (Lipinski definition) is 1. The molecule has 0 aliphatic heterocycles. The van der Waals surface area contributed by atoms with Gasteiger partial charge < -0.3 is 14.6 Å². The summed E-state index contributed by atoms with van der Waals surface area (Å²) in [6.45, 7) is 9.16. The van der Waals surface area contributed by atoms with Crippen molar-refractivity contribution in [1.82, 2.24) is 0 Å².